The molecule has 10 heteroatoms. The van der Waals surface area contributed by atoms with E-state index in [4.69, 9.17) is 4.98 Å². The smallest absolute Gasteiger partial charge is 0.240 e. The van der Waals surface area contributed by atoms with E-state index in [-0.39, 0.29) is 37.5 Å². The molecule has 3 N–H and O–H groups in total. The van der Waals surface area contributed by atoms with Gasteiger partial charge in [0, 0.05) is 75.1 Å². The highest BCUT2D eigenvalue weighted by Crippen LogP contribution is 2.36. The maximum atomic E-state index is 12.6. The van der Waals surface area contributed by atoms with Crippen LogP contribution in [0.2, 0.25) is 0 Å². The molecule has 36 heavy (non-hydrogen) atoms. The fourth-order valence-electron chi connectivity index (χ4n) is 5.17. The monoisotopic (exact) mass is 520 g/mol. The zero-order chi connectivity index (χ0) is 24.2. The van der Waals surface area contributed by atoms with Crippen molar-refractivity contribution in [2.75, 3.05) is 38.0 Å². The number of rotatable bonds is 8. The Morgan fingerprint density at radius 1 is 1.08 bits per heavy atom. The molecule has 0 atom stereocenters. The summed E-state index contributed by atoms with van der Waals surface area (Å²) in [7, 11) is 0. The average molecular weight is 521 g/mol. The fraction of sp³-hybridized carbons (Fsp3) is 0.538. The lowest BCUT2D eigenvalue weighted by atomic mass is 9.93. The van der Waals surface area contributed by atoms with Gasteiger partial charge in [-0.25, -0.2) is 13.8 Å². The molecule has 3 heterocycles. The largest absolute Gasteiger partial charge is 0.393 e. The van der Waals surface area contributed by atoms with Gasteiger partial charge < -0.3 is 20.3 Å². The Morgan fingerprint density at radius 2 is 1.81 bits per heavy atom. The summed E-state index contributed by atoms with van der Waals surface area (Å²) in [6.45, 7) is 5.28. The van der Waals surface area contributed by atoms with E-state index in [1.165, 1.54) is 5.56 Å². The Kier molecular flexibility index (Phi) is 9.11. The molecule has 1 saturated heterocycles. The molecular formula is C26H35ClF2N6O. The topological polar surface area (TPSA) is 78.2 Å². The summed E-state index contributed by atoms with van der Waals surface area (Å²) in [6.07, 6.45) is 4.41. The van der Waals surface area contributed by atoms with Crippen molar-refractivity contribution in [1.29, 1.82) is 0 Å². The standard InChI is InChI=1S/C26H34F2N6O.ClH/c27-24(28)9-10-30-26-31-15-22-23(17-34(25(22)32-26)20-5-7-21(35)8-6-20)19-3-1-18(2-4-19)16-33-13-11-29-12-14-33;/h1-4,15,17,20-21,24,29,35H,5-14,16H2,(H,30,31,32);1H/t20-,21-;. The first-order valence-electron chi connectivity index (χ1n) is 12.7. The molecule has 1 aliphatic heterocycles. The number of nitrogens with zero attached hydrogens (tertiary/aromatic N) is 4. The Bertz CT molecular complexity index is 1110. The van der Waals surface area contributed by atoms with Crippen LogP contribution in [0.25, 0.3) is 22.2 Å². The second-order valence-corrected chi connectivity index (χ2v) is 9.67. The third-order valence-electron chi connectivity index (χ3n) is 7.16. The highest BCUT2D eigenvalue weighted by Gasteiger charge is 2.24. The van der Waals surface area contributed by atoms with Gasteiger partial charge in [-0.1, -0.05) is 24.3 Å². The van der Waals surface area contributed by atoms with Crippen molar-refractivity contribution < 1.29 is 13.9 Å². The van der Waals surface area contributed by atoms with Gasteiger partial charge in [0.1, 0.15) is 5.65 Å². The number of hydrogen-bond acceptors (Lipinski definition) is 6. The molecule has 0 radical (unpaired) electrons. The summed E-state index contributed by atoms with van der Waals surface area (Å²) < 4.78 is 27.3. The molecule has 0 bridgehead atoms. The van der Waals surface area contributed by atoms with Gasteiger partial charge in [-0.05, 0) is 36.8 Å². The van der Waals surface area contributed by atoms with Gasteiger partial charge in [0.25, 0.3) is 0 Å². The average Bonchev–Trinajstić information content (AvgIpc) is 3.24. The van der Waals surface area contributed by atoms with Gasteiger partial charge in [0.2, 0.25) is 12.4 Å². The number of benzene rings is 1. The lowest BCUT2D eigenvalue weighted by molar-refractivity contribution is 0.111. The second kappa shape index (κ2) is 12.3. The molecule has 2 aliphatic rings. The Labute approximate surface area is 216 Å². The Hall–Kier alpha value is -2.33. The first-order valence-corrected chi connectivity index (χ1v) is 12.7. The SMILES string of the molecule is Cl.O[C@H]1CC[C@H](n2cc(-c3ccc(CN4CCNCC4)cc3)c3cnc(NCCC(F)F)nc32)CC1. The van der Waals surface area contributed by atoms with E-state index in [1.807, 2.05) is 0 Å². The minimum Gasteiger partial charge on any atom is -0.393 e. The van der Waals surface area contributed by atoms with Crippen molar-refractivity contribution in [3.63, 3.8) is 0 Å². The molecule has 1 saturated carbocycles. The van der Waals surface area contributed by atoms with E-state index in [2.05, 4.69) is 55.5 Å². The van der Waals surface area contributed by atoms with Crippen LogP contribution in [0.4, 0.5) is 14.7 Å². The lowest BCUT2D eigenvalue weighted by Crippen LogP contribution is -2.42. The summed E-state index contributed by atoms with van der Waals surface area (Å²) in [5.41, 5.74) is 4.28. The van der Waals surface area contributed by atoms with Crippen LogP contribution >= 0.6 is 12.4 Å². The highest BCUT2D eigenvalue weighted by atomic mass is 35.5. The predicted molar refractivity (Wildman–Crippen MR) is 141 cm³/mol. The number of aliphatic hydroxyl groups is 1. The van der Waals surface area contributed by atoms with Gasteiger partial charge in [-0.2, -0.15) is 4.98 Å². The van der Waals surface area contributed by atoms with Crippen molar-refractivity contribution in [2.24, 2.45) is 0 Å². The van der Waals surface area contributed by atoms with Gasteiger partial charge in [0.15, 0.2) is 0 Å². The number of hydrogen-bond donors (Lipinski definition) is 3. The Balaban J connectivity index is 0.00000304. The minimum absolute atomic E-state index is 0. The molecule has 3 aromatic rings. The zero-order valence-electron chi connectivity index (χ0n) is 20.4. The van der Waals surface area contributed by atoms with Crippen molar-refractivity contribution in [2.45, 2.75) is 57.2 Å². The van der Waals surface area contributed by atoms with E-state index in [0.29, 0.717) is 5.95 Å². The van der Waals surface area contributed by atoms with E-state index < -0.39 is 6.43 Å². The minimum atomic E-state index is -2.36. The molecule has 7 nitrogen and oxygen atoms in total. The third-order valence-corrected chi connectivity index (χ3v) is 7.16. The molecule has 0 amide bonds. The maximum Gasteiger partial charge on any atom is 0.240 e. The van der Waals surface area contributed by atoms with Crippen LogP contribution in [-0.4, -0.2) is 69.8 Å². The van der Waals surface area contributed by atoms with Crippen molar-refractivity contribution >= 4 is 29.4 Å². The molecule has 5 rings (SSSR count). The van der Waals surface area contributed by atoms with E-state index in [9.17, 15) is 13.9 Å². The molecular weight excluding hydrogens is 486 g/mol. The first-order chi connectivity index (χ1) is 17.1. The van der Waals surface area contributed by atoms with Gasteiger partial charge in [0.05, 0.1) is 6.10 Å². The van der Waals surface area contributed by atoms with Crippen LogP contribution in [0.15, 0.2) is 36.7 Å². The number of alkyl halides is 2. The molecule has 0 spiro atoms. The lowest BCUT2D eigenvalue weighted by Gasteiger charge is -2.27. The number of halogens is 3. The van der Waals surface area contributed by atoms with Crippen LogP contribution in [-0.2, 0) is 6.54 Å². The summed E-state index contributed by atoms with van der Waals surface area (Å²) in [5.74, 6) is 0.367. The molecule has 1 aliphatic carbocycles. The number of nitrogens with one attached hydrogen (secondary N) is 2. The number of aliphatic hydroxyl groups excluding tert-OH is 1. The normalized spacial score (nSPS) is 21.0. The van der Waals surface area contributed by atoms with Gasteiger partial charge >= 0.3 is 0 Å². The van der Waals surface area contributed by atoms with Crippen LogP contribution in [0, 0.1) is 0 Å². The van der Waals surface area contributed by atoms with Crippen LogP contribution in [0.1, 0.15) is 43.7 Å². The summed E-state index contributed by atoms with van der Waals surface area (Å²) in [4.78, 5) is 11.6. The van der Waals surface area contributed by atoms with E-state index in [0.717, 1.165) is 80.6 Å². The van der Waals surface area contributed by atoms with Crippen molar-refractivity contribution in [3.05, 3.63) is 42.2 Å². The molecule has 2 fully saturated rings. The van der Waals surface area contributed by atoms with E-state index in [1.54, 1.807) is 6.20 Å². The van der Waals surface area contributed by atoms with Gasteiger partial charge in [-0.3, -0.25) is 4.90 Å². The van der Waals surface area contributed by atoms with Crippen molar-refractivity contribution in [1.82, 2.24) is 24.8 Å². The molecule has 0 unspecified atom stereocenters. The molecule has 2 aromatic heterocycles. The summed E-state index contributed by atoms with van der Waals surface area (Å²) in [6, 6.07) is 8.95. The van der Waals surface area contributed by atoms with Crippen LogP contribution < -0.4 is 10.6 Å². The maximum absolute atomic E-state index is 12.6. The van der Waals surface area contributed by atoms with Gasteiger partial charge in [-0.15, -0.1) is 12.4 Å². The number of anilines is 1. The zero-order valence-corrected chi connectivity index (χ0v) is 21.2. The molecule has 1 aromatic carbocycles. The quantitative estimate of drug-likeness (QED) is 0.407. The highest BCUT2D eigenvalue weighted by molar-refractivity contribution is 5.94. The molecule has 196 valence electrons. The van der Waals surface area contributed by atoms with Crippen molar-refractivity contribution in [3.8, 4) is 11.1 Å². The second-order valence-electron chi connectivity index (χ2n) is 9.67. The summed E-state index contributed by atoms with van der Waals surface area (Å²) in [5, 5.41) is 17.3. The van der Waals surface area contributed by atoms with E-state index >= 15 is 0 Å². The first kappa shape index (κ1) is 26.7. The van der Waals surface area contributed by atoms with Crippen LogP contribution in [0.5, 0.6) is 0 Å². The van der Waals surface area contributed by atoms with Crippen LogP contribution in [0.3, 0.4) is 0 Å². The predicted octanol–water partition coefficient (Wildman–Crippen LogP) is 4.47. The summed E-state index contributed by atoms with van der Waals surface area (Å²) >= 11 is 0. The number of piperazine rings is 1. The fourth-order valence-corrected chi connectivity index (χ4v) is 5.17. The number of aromatic nitrogens is 3. The Morgan fingerprint density at radius 3 is 2.50 bits per heavy atom. The third kappa shape index (κ3) is 6.32. The number of fused-ring (bicyclic) bond motifs is 1.